The fourth-order valence-corrected chi connectivity index (χ4v) is 3.63. The molecule has 0 unspecified atom stereocenters. The minimum absolute atomic E-state index is 0.0734. The van der Waals surface area contributed by atoms with Crippen LogP contribution >= 0.6 is 34.3 Å². The summed E-state index contributed by atoms with van der Waals surface area (Å²) in [6.45, 7) is -0.0734. The molecule has 0 fully saturated rings. The summed E-state index contributed by atoms with van der Waals surface area (Å²) in [5.41, 5.74) is 0.352. The summed E-state index contributed by atoms with van der Waals surface area (Å²) in [6.07, 6.45) is 0. The minimum atomic E-state index is -1.16. The van der Waals surface area contributed by atoms with Gasteiger partial charge in [0.05, 0.1) is 21.2 Å². The second-order valence-electron chi connectivity index (χ2n) is 4.44. The van der Waals surface area contributed by atoms with Gasteiger partial charge in [0.15, 0.2) is 11.6 Å². The van der Waals surface area contributed by atoms with Gasteiger partial charge in [0.25, 0.3) is 0 Å². The molecule has 23 heavy (non-hydrogen) atoms. The van der Waals surface area contributed by atoms with Gasteiger partial charge in [-0.1, -0.05) is 17.7 Å². The molecular weight excluding hydrogens is 364 g/mol. The van der Waals surface area contributed by atoms with Crippen molar-refractivity contribution in [1.29, 1.82) is 0 Å². The summed E-state index contributed by atoms with van der Waals surface area (Å²) >= 11 is 8.73. The summed E-state index contributed by atoms with van der Waals surface area (Å²) in [7, 11) is 0. The Morgan fingerprint density at radius 3 is 2.78 bits per heavy atom. The Balaban J connectivity index is 1.69. The van der Waals surface area contributed by atoms with Gasteiger partial charge in [-0.2, -0.15) is 0 Å². The Kier molecular flexibility index (Phi) is 4.70. The van der Waals surface area contributed by atoms with Gasteiger partial charge < -0.3 is 4.74 Å². The molecule has 0 radical (unpaired) electrons. The number of rotatable bonds is 4. The molecule has 0 bridgehead atoms. The molecule has 0 saturated carbocycles. The number of carbonyl (C=O) groups is 1. The number of carbonyl (C=O) groups excluding carboxylic acids is 1. The highest BCUT2D eigenvalue weighted by molar-refractivity contribution is 7.20. The molecule has 0 N–H and O–H groups in total. The maximum atomic E-state index is 13.2. The first-order valence-corrected chi connectivity index (χ1v) is 8.48. The van der Waals surface area contributed by atoms with Crippen molar-refractivity contribution in [2.45, 2.75) is 6.61 Å². The number of halogens is 3. The third-order valence-electron chi connectivity index (χ3n) is 2.86. The lowest BCUT2D eigenvalue weighted by molar-refractivity contribution is 0.0468. The fourth-order valence-electron chi connectivity index (χ4n) is 1.78. The predicted octanol–water partition coefficient (Wildman–Crippen LogP) is 5.16. The predicted molar refractivity (Wildman–Crippen MR) is 85.9 cm³/mol. The maximum Gasteiger partial charge on any atom is 0.340 e. The van der Waals surface area contributed by atoms with Gasteiger partial charge >= 0.3 is 5.97 Å². The van der Waals surface area contributed by atoms with Gasteiger partial charge in [0.1, 0.15) is 11.6 Å². The van der Waals surface area contributed by atoms with E-state index in [1.807, 2.05) is 17.5 Å². The Morgan fingerprint density at radius 1 is 1.26 bits per heavy atom. The molecule has 0 atom stereocenters. The number of thiazole rings is 1. The molecular formula is C15H8ClF2NO2S2. The Labute approximate surface area is 143 Å². The number of nitrogens with zero attached hydrogens (tertiary/aromatic N) is 1. The summed E-state index contributed by atoms with van der Waals surface area (Å²) in [4.78, 5) is 17.3. The second kappa shape index (κ2) is 6.74. The number of thiophene rings is 1. The van der Waals surface area contributed by atoms with Crippen molar-refractivity contribution in [1.82, 2.24) is 4.98 Å². The number of benzene rings is 1. The highest BCUT2D eigenvalue weighted by atomic mass is 35.5. The van der Waals surface area contributed by atoms with E-state index >= 15 is 0 Å². The number of aromatic nitrogens is 1. The molecule has 0 spiro atoms. The van der Waals surface area contributed by atoms with E-state index in [0.717, 1.165) is 22.0 Å². The molecule has 118 valence electrons. The lowest BCUT2D eigenvalue weighted by atomic mass is 10.2. The molecule has 3 nitrogen and oxygen atoms in total. The monoisotopic (exact) mass is 371 g/mol. The molecule has 2 aromatic heterocycles. The summed E-state index contributed by atoms with van der Waals surface area (Å²) in [5, 5.41) is 4.35. The van der Waals surface area contributed by atoms with Crippen LogP contribution in [-0.2, 0) is 11.3 Å². The molecule has 1 aromatic carbocycles. The first-order valence-electron chi connectivity index (χ1n) is 6.34. The van der Waals surface area contributed by atoms with E-state index in [1.54, 1.807) is 16.7 Å². The van der Waals surface area contributed by atoms with Crippen LogP contribution in [0, 0.1) is 11.6 Å². The standard InChI is InChI=1S/C15H8ClF2NO2S2/c16-10-5-12(18)11(17)4-9(10)15(20)21-6-8-7-23-14(19-8)13-2-1-3-22-13/h1-5,7H,6H2. The van der Waals surface area contributed by atoms with E-state index in [1.165, 1.54) is 11.3 Å². The van der Waals surface area contributed by atoms with Crippen molar-refractivity contribution in [2.75, 3.05) is 0 Å². The first-order chi connectivity index (χ1) is 11.0. The van der Waals surface area contributed by atoms with Crippen molar-refractivity contribution in [3.8, 4) is 9.88 Å². The zero-order valence-corrected chi connectivity index (χ0v) is 13.8. The lowest BCUT2D eigenvalue weighted by Crippen LogP contribution is -2.07. The van der Waals surface area contributed by atoms with Crippen LogP contribution in [0.15, 0.2) is 35.0 Å². The first kappa shape index (κ1) is 16.0. The lowest BCUT2D eigenvalue weighted by Gasteiger charge is -2.05. The van der Waals surface area contributed by atoms with Crippen LogP contribution in [0.4, 0.5) is 8.78 Å². The average Bonchev–Trinajstić information content (AvgIpc) is 3.19. The third-order valence-corrected chi connectivity index (χ3v) is 5.11. The summed E-state index contributed by atoms with van der Waals surface area (Å²) in [6, 6.07) is 5.33. The van der Waals surface area contributed by atoms with Crippen LogP contribution in [-0.4, -0.2) is 11.0 Å². The highest BCUT2D eigenvalue weighted by Gasteiger charge is 2.17. The van der Waals surface area contributed by atoms with Crippen molar-refractivity contribution in [2.24, 2.45) is 0 Å². The normalized spacial score (nSPS) is 10.7. The van der Waals surface area contributed by atoms with Crippen LogP contribution in [0.5, 0.6) is 0 Å². The van der Waals surface area contributed by atoms with Crippen LogP contribution < -0.4 is 0 Å². The van der Waals surface area contributed by atoms with E-state index in [0.29, 0.717) is 5.69 Å². The Bertz CT molecular complexity index is 849. The van der Waals surface area contributed by atoms with E-state index in [2.05, 4.69) is 4.98 Å². The second-order valence-corrected chi connectivity index (χ2v) is 6.66. The van der Waals surface area contributed by atoms with E-state index < -0.39 is 17.6 Å². The molecule has 2 heterocycles. The molecule has 0 aliphatic heterocycles. The molecule has 3 rings (SSSR count). The summed E-state index contributed by atoms with van der Waals surface area (Å²) < 4.78 is 31.2. The van der Waals surface area contributed by atoms with Gasteiger partial charge in [0, 0.05) is 5.38 Å². The van der Waals surface area contributed by atoms with Gasteiger partial charge in [0.2, 0.25) is 0 Å². The zero-order chi connectivity index (χ0) is 16.4. The van der Waals surface area contributed by atoms with Crippen LogP contribution in [0.25, 0.3) is 9.88 Å². The van der Waals surface area contributed by atoms with Crippen molar-refractivity contribution < 1.29 is 18.3 Å². The van der Waals surface area contributed by atoms with E-state index in [4.69, 9.17) is 16.3 Å². The van der Waals surface area contributed by atoms with Crippen LogP contribution in [0.2, 0.25) is 5.02 Å². The van der Waals surface area contributed by atoms with E-state index in [-0.39, 0.29) is 17.2 Å². The zero-order valence-electron chi connectivity index (χ0n) is 11.4. The molecule has 0 amide bonds. The Hall–Kier alpha value is -1.83. The van der Waals surface area contributed by atoms with Gasteiger partial charge in [-0.05, 0) is 23.6 Å². The van der Waals surface area contributed by atoms with Gasteiger partial charge in [-0.15, -0.1) is 22.7 Å². The SMILES string of the molecule is O=C(OCc1csc(-c2cccs2)n1)c1cc(F)c(F)cc1Cl. The highest BCUT2D eigenvalue weighted by Crippen LogP contribution is 2.28. The molecule has 0 saturated heterocycles. The smallest absolute Gasteiger partial charge is 0.340 e. The largest absolute Gasteiger partial charge is 0.456 e. The quantitative estimate of drug-likeness (QED) is 0.469. The molecule has 0 aliphatic rings. The Morgan fingerprint density at radius 2 is 2.04 bits per heavy atom. The topological polar surface area (TPSA) is 39.2 Å². The average molecular weight is 372 g/mol. The van der Waals surface area contributed by atoms with Crippen molar-refractivity contribution in [3.05, 3.63) is 62.9 Å². The third kappa shape index (κ3) is 3.57. The van der Waals surface area contributed by atoms with Crippen molar-refractivity contribution >= 4 is 40.2 Å². The maximum absolute atomic E-state index is 13.2. The number of hydrogen-bond acceptors (Lipinski definition) is 5. The summed E-state index contributed by atoms with van der Waals surface area (Å²) in [5.74, 6) is -3.11. The molecule has 0 aliphatic carbocycles. The number of ether oxygens (including phenoxy) is 1. The minimum Gasteiger partial charge on any atom is -0.456 e. The van der Waals surface area contributed by atoms with Crippen LogP contribution in [0.3, 0.4) is 0 Å². The number of esters is 1. The van der Waals surface area contributed by atoms with Gasteiger partial charge in [-0.25, -0.2) is 18.6 Å². The van der Waals surface area contributed by atoms with E-state index in [9.17, 15) is 13.6 Å². The number of hydrogen-bond donors (Lipinski definition) is 0. The molecule has 8 heteroatoms. The van der Waals surface area contributed by atoms with Crippen molar-refractivity contribution in [3.63, 3.8) is 0 Å². The van der Waals surface area contributed by atoms with Gasteiger partial charge in [-0.3, -0.25) is 0 Å². The van der Waals surface area contributed by atoms with Crippen LogP contribution in [0.1, 0.15) is 16.1 Å². The fraction of sp³-hybridized carbons (Fsp3) is 0.0667. The molecule has 3 aromatic rings.